The van der Waals surface area contributed by atoms with E-state index in [4.69, 9.17) is 0 Å². The molecule has 0 atom stereocenters. The molecule has 0 saturated carbocycles. The summed E-state index contributed by atoms with van der Waals surface area (Å²) in [6.45, 7) is 35.8. The van der Waals surface area contributed by atoms with Gasteiger partial charge in [0.15, 0.2) is 47.7 Å². The Bertz CT molecular complexity index is 2010. The zero-order valence-electron chi connectivity index (χ0n) is 50.5. The van der Waals surface area contributed by atoms with E-state index in [9.17, 15) is 0 Å². The summed E-state index contributed by atoms with van der Waals surface area (Å²) in [5, 5.41) is 26.5. The summed E-state index contributed by atoms with van der Waals surface area (Å²) < 4.78 is 0. The van der Waals surface area contributed by atoms with E-state index in [1.807, 2.05) is 0 Å². The monoisotopic (exact) mass is 1140 g/mol. The van der Waals surface area contributed by atoms with Crippen molar-refractivity contribution in [1.29, 1.82) is 0 Å². The summed E-state index contributed by atoms with van der Waals surface area (Å²) in [5.74, 6) is 9.11. The van der Waals surface area contributed by atoms with E-state index >= 15 is 0 Å². The highest BCUT2D eigenvalue weighted by Crippen LogP contribution is 2.12. The van der Waals surface area contributed by atoms with Crippen molar-refractivity contribution < 1.29 is 0 Å². The van der Waals surface area contributed by atoms with Gasteiger partial charge < -0.3 is 81.7 Å². The minimum Gasteiger partial charge on any atom is -0.356 e. The van der Waals surface area contributed by atoms with Crippen molar-refractivity contribution in [1.82, 2.24) is 81.7 Å². The Morgan fingerprint density at radius 1 is 0.159 bits per heavy atom. The van der Waals surface area contributed by atoms with Crippen LogP contribution < -0.4 is 42.5 Å². The van der Waals surface area contributed by atoms with Crippen LogP contribution in [0.3, 0.4) is 0 Å². The lowest BCUT2D eigenvalue weighted by Gasteiger charge is -2.33. The molecule has 16 rings (SSSR count). The molecular formula is C58H108N24. The van der Waals surface area contributed by atoms with Crippen molar-refractivity contribution in [2.75, 3.05) is 209 Å². The van der Waals surface area contributed by atoms with Crippen LogP contribution >= 0.6 is 0 Å². The Balaban J connectivity index is 0.000000113. The maximum Gasteiger partial charge on any atom is 0.194 e. The first-order valence-electron chi connectivity index (χ1n) is 33.0. The molecule has 24 nitrogen and oxygen atoms in total. The number of rotatable bonds is 0. The fourth-order valence-corrected chi connectivity index (χ4v) is 12.4. The highest BCUT2D eigenvalue weighted by molar-refractivity contribution is 5.85. The van der Waals surface area contributed by atoms with Gasteiger partial charge in [0.2, 0.25) is 0 Å². The lowest BCUT2D eigenvalue weighted by molar-refractivity contribution is 0.346. The van der Waals surface area contributed by atoms with Crippen LogP contribution in [0.1, 0.15) is 116 Å². The molecule has 0 aromatic carbocycles. The van der Waals surface area contributed by atoms with Crippen molar-refractivity contribution in [3.8, 4) is 0 Å². The first kappa shape index (κ1) is 60.7. The van der Waals surface area contributed by atoms with Gasteiger partial charge in [0, 0.05) is 203 Å². The first-order valence-corrected chi connectivity index (χ1v) is 33.0. The third-order valence-electron chi connectivity index (χ3n) is 16.9. The number of hydrogen-bond acceptors (Lipinski definition) is 24. The average Bonchev–Trinajstić information content (AvgIpc) is 4.34. The Labute approximate surface area is 492 Å². The number of nitrogens with zero attached hydrogens (tertiary/aromatic N) is 16. The van der Waals surface area contributed by atoms with Crippen LogP contribution in [0.15, 0.2) is 39.9 Å². The normalized spacial score (nSPS) is 24.8. The number of hydrogen-bond donors (Lipinski definition) is 8. The lowest BCUT2D eigenvalue weighted by Crippen LogP contribution is -2.49. The van der Waals surface area contributed by atoms with Gasteiger partial charge in [0.25, 0.3) is 0 Å². The highest BCUT2D eigenvalue weighted by Gasteiger charge is 2.24. The second-order valence-electron chi connectivity index (χ2n) is 23.3. The molecule has 16 heterocycles. The number of nitrogens with one attached hydrogen (secondary N) is 8. The van der Waals surface area contributed by atoms with Crippen molar-refractivity contribution in [3.63, 3.8) is 0 Å². The summed E-state index contributed by atoms with van der Waals surface area (Å²) in [6.07, 6.45) is 23.0. The predicted molar refractivity (Wildman–Crippen MR) is 338 cm³/mol. The van der Waals surface area contributed by atoms with E-state index in [-0.39, 0.29) is 0 Å². The van der Waals surface area contributed by atoms with Gasteiger partial charge in [-0.05, 0) is 116 Å². The third kappa shape index (κ3) is 20.2. The van der Waals surface area contributed by atoms with Gasteiger partial charge in [-0.25, -0.2) is 0 Å². The molecule has 8 fully saturated rings. The van der Waals surface area contributed by atoms with Crippen LogP contribution in [0.2, 0.25) is 0 Å². The highest BCUT2D eigenvalue weighted by atomic mass is 15.4. The van der Waals surface area contributed by atoms with Crippen LogP contribution in [-0.4, -0.2) is 296 Å². The number of aliphatic imine (C=N–C) groups is 8. The zero-order chi connectivity index (χ0) is 55.9. The summed E-state index contributed by atoms with van der Waals surface area (Å²) in [6, 6.07) is 0. The lowest BCUT2D eigenvalue weighted by atomic mass is 10.2. The minimum atomic E-state index is 0.988. The Morgan fingerprint density at radius 2 is 0.354 bits per heavy atom. The third-order valence-corrected chi connectivity index (χ3v) is 16.9. The second-order valence-corrected chi connectivity index (χ2v) is 23.3. The molecule has 16 aliphatic heterocycles. The van der Waals surface area contributed by atoms with Gasteiger partial charge in [-0.15, -0.1) is 0 Å². The zero-order valence-corrected chi connectivity index (χ0v) is 50.5. The standard InChI is InChI=1S/2C9H17N3.2C8H15N3.C7H13N3.2C6H11N3.C5H9N3/c2*1-2-5-10-9-11-6-4-8-12(9)7-3-1;2*1-2-6-11-7-3-5-10-8(11)9-4-1;1-3-8-7-9-4-2-6-10(7)5-1;2*1-2-7-6-8-3-5-9(6)4-1;1-3-8-4-2-7-5(8)6-1/h2*1-8H2,(H,10,11);2*1-7H2,(H,9,10);1-6H2,(H,8,9);2*1-5H2,(H,7,8);1-4H2,(H,6,7). The Morgan fingerprint density at radius 3 is 0.634 bits per heavy atom. The smallest absolute Gasteiger partial charge is 0.194 e. The Kier molecular flexibility index (Phi) is 26.2. The van der Waals surface area contributed by atoms with Gasteiger partial charge in [0.05, 0.1) is 6.54 Å². The summed E-state index contributed by atoms with van der Waals surface area (Å²) in [4.78, 5) is 53.9. The molecule has 0 aromatic heterocycles. The van der Waals surface area contributed by atoms with Gasteiger partial charge in [0.1, 0.15) is 0 Å². The van der Waals surface area contributed by atoms with Crippen molar-refractivity contribution in [2.24, 2.45) is 39.9 Å². The maximum absolute atomic E-state index is 4.48. The van der Waals surface area contributed by atoms with E-state index in [1.165, 1.54) is 194 Å². The van der Waals surface area contributed by atoms with Crippen LogP contribution in [0.25, 0.3) is 0 Å². The fourth-order valence-electron chi connectivity index (χ4n) is 12.4. The summed E-state index contributed by atoms with van der Waals surface area (Å²) in [7, 11) is 0. The van der Waals surface area contributed by atoms with Crippen LogP contribution in [-0.2, 0) is 0 Å². The summed E-state index contributed by atoms with van der Waals surface area (Å²) in [5.41, 5.74) is 0. The van der Waals surface area contributed by atoms with Gasteiger partial charge >= 0.3 is 0 Å². The number of guanidine groups is 8. The molecule has 0 radical (unpaired) electrons. The molecular weight excluding hydrogens is 1030 g/mol. The van der Waals surface area contributed by atoms with E-state index in [0.717, 1.165) is 179 Å². The molecule has 0 aromatic rings. The maximum atomic E-state index is 4.48. The molecule has 16 aliphatic rings. The van der Waals surface area contributed by atoms with Crippen molar-refractivity contribution in [3.05, 3.63) is 0 Å². The Hall–Kier alpha value is -5.84. The average molecular weight is 1140 g/mol. The molecule has 0 unspecified atom stereocenters. The van der Waals surface area contributed by atoms with E-state index in [0.29, 0.717) is 0 Å². The van der Waals surface area contributed by atoms with Crippen LogP contribution in [0.4, 0.5) is 0 Å². The number of fused-ring (bicyclic) bond motifs is 8. The molecule has 0 amide bonds. The second kappa shape index (κ2) is 35.3. The van der Waals surface area contributed by atoms with Gasteiger partial charge in [-0.1, -0.05) is 0 Å². The van der Waals surface area contributed by atoms with Crippen molar-refractivity contribution in [2.45, 2.75) is 116 Å². The predicted octanol–water partition coefficient (Wildman–Crippen LogP) is 1.11. The largest absolute Gasteiger partial charge is 0.356 e. The van der Waals surface area contributed by atoms with E-state index < -0.39 is 0 Å². The molecule has 8 N–H and O–H groups in total. The molecule has 0 aliphatic carbocycles. The molecule has 8 saturated heterocycles. The first-order chi connectivity index (χ1) is 40.7. The van der Waals surface area contributed by atoms with Gasteiger partial charge in [-0.3, -0.25) is 39.9 Å². The molecule has 0 spiro atoms. The fraction of sp³-hybridized carbons (Fsp3) is 0.862. The molecule has 460 valence electrons. The molecule has 0 bridgehead atoms. The quantitative estimate of drug-likeness (QED) is 0.170. The molecule has 82 heavy (non-hydrogen) atoms. The van der Waals surface area contributed by atoms with E-state index in [2.05, 4.69) is 122 Å². The topological polar surface area (TPSA) is 221 Å². The SMILES string of the molecule is C1CCN2CCCN=C2NC1.C1CCN2CCCN=C2NC1.C1CCNC2=NCCCN2CC1.C1CCNC2=NCCCN2CC1.C1CN2CCNC2=N1.C1CN=C2NCCCN2C1.C1CN=C2NCCN2C1.C1CN=C2NCCN2C1. The van der Waals surface area contributed by atoms with Crippen LogP contribution in [0, 0.1) is 0 Å². The molecule has 24 heteroatoms. The minimum absolute atomic E-state index is 0.988. The van der Waals surface area contributed by atoms with Gasteiger partial charge in [-0.2, -0.15) is 0 Å². The van der Waals surface area contributed by atoms with Crippen LogP contribution in [0.5, 0.6) is 0 Å². The summed E-state index contributed by atoms with van der Waals surface area (Å²) >= 11 is 0. The van der Waals surface area contributed by atoms with E-state index in [1.54, 1.807) is 0 Å². The van der Waals surface area contributed by atoms with Crippen molar-refractivity contribution >= 4 is 47.7 Å².